The van der Waals surface area contributed by atoms with E-state index in [1.54, 1.807) is 6.07 Å². The summed E-state index contributed by atoms with van der Waals surface area (Å²) in [6, 6.07) is 3.01. The lowest BCUT2D eigenvalue weighted by atomic mass is 9.99. The van der Waals surface area contributed by atoms with Crippen LogP contribution in [0.5, 0.6) is 0 Å². The monoisotopic (exact) mass is 341 g/mol. The van der Waals surface area contributed by atoms with Crippen LogP contribution in [0.1, 0.15) is 44.9 Å². The van der Waals surface area contributed by atoms with Gasteiger partial charge in [-0.1, -0.05) is 27.7 Å². The fourth-order valence-electron chi connectivity index (χ4n) is 2.43. The number of nitrogens with one attached hydrogen (secondary N) is 1. The third-order valence-electron chi connectivity index (χ3n) is 3.24. The Labute approximate surface area is 127 Å². The SMILES string of the molecule is CC(C)CNCc1oc2c(Br)cc(F)cc2c1C(C)C. The largest absolute Gasteiger partial charge is 0.458 e. The Bertz CT molecular complexity index is 604. The van der Waals surface area contributed by atoms with Gasteiger partial charge in [0.05, 0.1) is 11.0 Å². The fraction of sp³-hybridized carbons (Fsp3) is 0.500. The van der Waals surface area contributed by atoms with Gasteiger partial charge in [-0.2, -0.15) is 0 Å². The predicted molar refractivity (Wildman–Crippen MR) is 84.5 cm³/mol. The second-order valence-corrected chi connectivity index (χ2v) is 6.74. The minimum Gasteiger partial charge on any atom is -0.458 e. The molecule has 0 saturated carbocycles. The van der Waals surface area contributed by atoms with E-state index in [-0.39, 0.29) is 5.82 Å². The summed E-state index contributed by atoms with van der Waals surface area (Å²) in [5, 5.41) is 4.26. The van der Waals surface area contributed by atoms with Gasteiger partial charge in [0.25, 0.3) is 0 Å². The molecule has 110 valence electrons. The van der Waals surface area contributed by atoms with E-state index in [9.17, 15) is 4.39 Å². The molecular weight excluding hydrogens is 321 g/mol. The van der Waals surface area contributed by atoms with Crippen molar-refractivity contribution in [3.8, 4) is 0 Å². The molecule has 0 unspecified atom stereocenters. The summed E-state index contributed by atoms with van der Waals surface area (Å²) in [4.78, 5) is 0. The highest BCUT2D eigenvalue weighted by Crippen LogP contribution is 2.36. The van der Waals surface area contributed by atoms with E-state index in [2.05, 4.69) is 48.9 Å². The minimum atomic E-state index is -0.242. The molecule has 2 rings (SSSR count). The molecule has 0 aliphatic heterocycles. The molecule has 2 aromatic rings. The van der Waals surface area contributed by atoms with Crippen LogP contribution in [0, 0.1) is 11.7 Å². The number of furan rings is 1. The number of fused-ring (bicyclic) bond motifs is 1. The second kappa shape index (κ2) is 6.27. The molecule has 0 atom stereocenters. The van der Waals surface area contributed by atoms with E-state index < -0.39 is 0 Å². The number of rotatable bonds is 5. The molecule has 0 radical (unpaired) electrons. The van der Waals surface area contributed by atoms with Gasteiger partial charge in [0.2, 0.25) is 0 Å². The lowest BCUT2D eigenvalue weighted by Gasteiger charge is -2.09. The van der Waals surface area contributed by atoms with Crippen LogP contribution in [0.2, 0.25) is 0 Å². The normalized spacial score (nSPS) is 12.0. The number of halogens is 2. The van der Waals surface area contributed by atoms with Crippen molar-refractivity contribution in [2.75, 3.05) is 6.54 Å². The van der Waals surface area contributed by atoms with Crippen molar-refractivity contribution in [2.24, 2.45) is 5.92 Å². The van der Waals surface area contributed by atoms with Gasteiger partial charge in [0, 0.05) is 10.9 Å². The Morgan fingerprint density at radius 2 is 1.95 bits per heavy atom. The van der Waals surface area contributed by atoms with Crippen LogP contribution in [0.15, 0.2) is 21.0 Å². The Kier molecular flexibility index (Phi) is 4.86. The highest BCUT2D eigenvalue weighted by molar-refractivity contribution is 9.10. The van der Waals surface area contributed by atoms with E-state index >= 15 is 0 Å². The lowest BCUT2D eigenvalue weighted by molar-refractivity contribution is 0.478. The van der Waals surface area contributed by atoms with Gasteiger partial charge in [-0.15, -0.1) is 0 Å². The molecule has 2 nitrogen and oxygen atoms in total. The van der Waals surface area contributed by atoms with Crippen LogP contribution in [0.25, 0.3) is 11.0 Å². The topological polar surface area (TPSA) is 25.2 Å². The van der Waals surface area contributed by atoms with Crippen molar-refractivity contribution in [1.82, 2.24) is 5.32 Å². The summed E-state index contributed by atoms with van der Waals surface area (Å²) < 4.78 is 20.2. The maximum atomic E-state index is 13.6. The first-order valence-electron chi connectivity index (χ1n) is 7.01. The molecule has 1 aromatic heterocycles. The molecule has 1 heterocycles. The number of hydrogen-bond donors (Lipinski definition) is 1. The molecule has 1 aromatic carbocycles. The first-order chi connectivity index (χ1) is 9.40. The van der Waals surface area contributed by atoms with Crippen molar-refractivity contribution in [1.29, 1.82) is 0 Å². The molecule has 0 saturated heterocycles. The highest BCUT2D eigenvalue weighted by Gasteiger charge is 2.19. The fourth-order valence-corrected chi connectivity index (χ4v) is 2.94. The van der Waals surface area contributed by atoms with E-state index in [0.717, 1.165) is 28.8 Å². The van der Waals surface area contributed by atoms with Gasteiger partial charge >= 0.3 is 0 Å². The molecule has 0 bridgehead atoms. The zero-order valence-electron chi connectivity index (χ0n) is 12.4. The van der Waals surface area contributed by atoms with Crippen molar-refractivity contribution in [3.63, 3.8) is 0 Å². The first-order valence-corrected chi connectivity index (χ1v) is 7.80. The van der Waals surface area contributed by atoms with Gasteiger partial charge in [-0.3, -0.25) is 0 Å². The summed E-state index contributed by atoms with van der Waals surface area (Å²) in [6.07, 6.45) is 0. The van der Waals surface area contributed by atoms with Crippen molar-refractivity contribution in [3.05, 3.63) is 33.7 Å². The molecule has 0 aliphatic carbocycles. The van der Waals surface area contributed by atoms with Crippen LogP contribution < -0.4 is 5.32 Å². The van der Waals surface area contributed by atoms with Crippen LogP contribution in [0.3, 0.4) is 0 Å². The minimum absolute atomic E-state index is 0.242. The van der Waals surface area contributed by atoms with E-state index in [1.807, 2.05) is 0 Å². The van der Waals surface area contributed by atoms with Gasteiger partial charge in [0.15, 0.2) is 0 Å². The lowest BCUT2D eigenvalue weighted by Crippen LogP contribution is -2.19. The third kappa shape index (κ3) is 3.23. The standard InChI is InChI=1S/C16H21BrFNO/c1-9(2)7-19-8-14-15(10(3)4)12-5-11(18)6-13(17)16(12)20-14/h5-6,9-10,19H,7-8H2,1-4H3. The van der Waals surface area contributed by atoms with E-state index in [4.69, 9.17) is 4.42 Å². The summed E-state index contributed by atoms with van der Waals surface area (Å²) >= 11 is 3.38. The van der Waals surface area contributed by atoms with E-state index in [0.29, 0.717) is 22.9 Å². The maximum Gasteiger partial charge on any atom is 0.149 e. The smallest absolute Gasteiger partial charge is 0.149 e. The third-order valence-corrected chi connectivity index (χ3v) is 3.83. The summed E-state index contributed by atoms with van der Waals surface area (Å²) in [5.41, 5.74) is 1.83. The maximum absolute atomic E-state index is 13.6. The van der Waals surface area contributed by atoms with Crippen molar-refractivity contribution in [2.45, 2.75) is 40.2 Å². The second-order valence-electron chi connectivity index (χ2n) is 5.88. The zero-order valence-corrected chi connectivity index (χ0v) is 14.0. The molecule has 0 fully saturated rings. The van der Waals surface area contributed by atoms with Gasteiger partial charge < -0.3 is 9.73 Å². The van der Waals surface area contributed by atoms with Crippen LogP contribution in [-0.4, -0.2) is 6.54 Å². The highest BCUT2D eigenvalue weighted by atomic mass is 79.9. The molecular formula is C16H21BrFNO. The first kappa shape index (κ1) is 15.5. The van der Waals surface area contributed by atoms with Crippen LogP contribution in [0.4, 0.5) is 4.39 Å². The quantitative estimate of drug-likeness (QED) is 0.808. The van der Waals surface area contributed by atoms with Gasteiger partial charge in [-0.05, 0) is 46.4 Å². The number of hydrogen-bond acceptors (Lipinski definition) is 2. The number of benzene rings is 1. The molecule has 0 aliphatic rings. The Morgan fingerprint density at radius 1 is 1.25 bits per heavy atom. The van der Waals surface area contributed by atoms with Crippen molar-refractivity contribution < 1.29 is 8.81 Å². The van der Waals surface area contributed by atoms with Gasteiger partial charge in [0.1, 0.15) is 17.2 Å². The molecule has 0 spiro atoms. The van der Waals surface area contributed by atoms with Crippen molar-refractivity contribution >= 4 is 26.9 Å². The van der Waals surface area contributed by atoms with Gasteiger partial charge in [-0.25, -0.2) is 4.39 Å². The molecule has 1 N–H and O–H groups in total. The molecule has 4 heteroatoms. The average molecular weight is 342 g/mol. The molecule has 20 heavy (non-hydrogen) atoms. The Hall–Kier alpha value is -0.870. The van der Waals surface area contributed by atoms with Crippen LogP contribution in [-0.2, 0) is 6.54 Å². The average Bonchev–Trinajstić information content (AvgIpc) is 2.67. The molecule has 0 amide bonds. The summed E-state index contributed by atoms with van der Waals surface area (Å²) in [6.45, 7) is 10.2. The summed E-state index contributed by atoms with van der Waals surface area (Å²) in [7, 11) is 0. The zero-order chi connectivity index (χ0) is 14.9. The summed E-state index contributed by atoms with van der Waals surface area (Å²) in [5.74, 6) is 1.54. The van der Waals surface area contributed by atoms with Crippen LogP contribution >= 0.6 is 15.9 Å². The Morgan fingerprint density at radius 3 is 2.55 bits per heavy atom. The predicted octanol–water partition coefficient (Wildman–Crippen LogP) is 5.20. The van der Waals surface area contributed by atoms with E-state index in [1.165, 1.54) is 6.07 Å². The Balaban J connectivity index is 2.43.